The van der Waals surface area contributed by atoms with Gasteiger partial charge in [-0.15, -0.1) is 11.3 Å². The van der Waals surface area contributed by atoms with E-state index in [9.17, 15) is 9.90 Å². The normalized spacial score (nSPS) is 12.7. The fourth-order valence-electron chi connectivity index (χ4n) is 5.31. The number of carboxylic acid groups (broad SMARTS) is 1. The van der Waals surface area contributed by atoms with Crippen molar-refractivity contribution < 1.29 is 14.6 Å². The summed E-state index contributed by atoms with van der Waals surface area (Å²) in [5.41, 5.74) is 8.02. The summed E-state index contributed by atoms with van der Waals surface area (Å²) in [5, 5.41) is 20.0. The van der Waals surface area contributed by atoms with E-state index in [4.69, 9.17) is 21.3 Å². The van der Waals surface area contributed by atoms with Crippen molar-refractivity contribution in [3.05, 3.63) is 88.7 Å². The van der Waals surface area contributed by atoms with Crippen molar-refractivity contribution in [3.63, 3.8) is 0 Å². The highest BCUT2D eigenvalue weighted by Crippen LogP contribution is 2.44. The van der Waals surface area contributed by atoms with E-state index in [1.165, 1.54) is 11.3 Å². The molecule has 0 bridgehead atoms. The summed E-state index contributed by atoms with van der Waals surface area (Å²) in [4.78, 5) is 22.3. The number of H-pyrrole nitrogens is 1. The number of hydrogen-bond donors (Lipinski definition) is 2. The molecule has 3 heterocycles. The Hall–Kier alpha value is -4.11. The first kappa shape index (κ1) is 28.0. The summed E-state index contributed by atoms with van der Waals surface area (Å²) >= 11 is 7.76. The SMILES string of the molecule is Cc1cc2nc(-c3ccnc(-c4ccc5[nH]ncc5c4C)c3)sc2c(-c2ccc(Cl)cc2)c1C(OC(C)(C)C)C(=O)O. The molecule has 0 aliphatic heterocycles. The summed E-state index contributed by atoms with van der Waals surface area (Å²) in [5.74, 6) is -1.05. The molecule has 0 fully saturated rings. The number of aryl methyl sites for hydroxylation is 2. The summed E-state index contributed by atoms with van der Waals surface area (Å²) in [6.45, 7) is 9.55. The predicted octanol–water partition coefficient (Wildman–Crippen LogP) is 8.78. The van der Waals surface area contributed by atoms with Crippen LogP contribution >= 0.6 is 22.9 Å². The number of thiazole rings is 1. The average Bonchev–Trinajstić information content (AvgIpc) is 3.59. The van der Waals surface area contributed by atoms with E-state index in [2.05, 4.69) is 28.2 Å². The van der Waals surface area contributed by atoms with Gasteiger partial charge in [-0.1, -0.05) is 29.8 Å². The molecule has 3 aromatic heterocycles. The monoisotopic (exact) mass is 596 g/mol. The molecule has 7 nitrogen and oxygen atoms in total. The Kier molecular flexibility index (Phi) is 7.09. The van der Waals surface area contributed by atoms with Gasteiger partial charge in [0.15, 0.2) is 6.10 Å². The smallest absolute Gasteiger partial charge is 0.337 e. The van der Waals surface area contributed by atoms with Gasteiger partial charge in [-0.3, -0.25) is 10.1 Å². The van der Waals surface area contributed by atoms with Crippen LogP contribution in [0.4, 0.5) is 0 Å². The summed E-state index contributed by atoms with van der Waals surface area (Å²) in [6.07, 6.45) is 2.46. The van der Waals surface area contributed by atoms with Crippen LogP contribution in [0.1, 0.15) is 43.6 Å². The predicted molar refractivity (Wildman–Crippen MR) is 169 cm³/mol. The number of benzene rings is 3. The molecule has 9 heteroatoms. The third-order valence-corrected chi connectivity index (χ3v) is 8.58. The first-order chi connectivity index (χ1) is 20.0. The average molecular weight is 597 g/mol. The Balaban J connectivity index is 1.55. The molecule has 0 amide bonds. The highest BCUT2D eigenvalue weighted by atomic mass is 35.5. The lowest BCUT2D eigenvalue weighted by molar-refractivity contribution is -0.160. The van der Waals surface area contributed by atoms with E-state index in [1.54, 1.807) is 6.20 Å². The van der Waals surface area contributed by atoms with Crippen molar-refractivity contribution in [2.45, 2.75) is 46.3 Å². The van der Waals surface area contributed by atoms with E-state index in [1.807, 2.05) is 82.4 Å². The number of halogens is 1. The molecule has 0 aliphatic carbocycles. The first-order valence-electron chi connectivity index (χ1n) is 13.5. The Morgan fingerprint density at radius 3 is 2.52 bits per heavy atom. The van der Waals surface area contributed by atoms with Gasteiger partial charge in [0.2, 0.25) is 0 Å². The quantitative estimate of drug-likeness (QED) is 0.199. The molecular formula is C33H29ClN4O3S. The number of aromatic nitrogens is 4. The van der Waals surface area contributed by atoms with E-state index < -0.39 is 17.7 Å². The van der Waals surface area contributed by atoms with E-state index in [0.29, 0.717) is 10.6 Å². The van der Waals surface area contributed by atoms with Crippen molar-refractivity contribution >= 4 is 50.0 Å². The van der Waals surface area contributed by atoms with Gasteiger partial charge in [0, 0.05) is 38.9 Å². The zero-order chi connectivity index (χ0) is 29.8. The Labute approximate surface area is 252 Å². The minimum Gasteiger partial charge on any atom is -0.479 e. The molecule has 0 spiro atoms. The molecule has 0 saturated carbocycles. The molecule has 42 heavy (non-hydrogen) atoms. The van der Waals surface area contributed by atoms with E-state index in [0.717, 1.165) is 65.2 Å². The largest absolute Gasteiger partial charge is 0.479 e. The Morgan fingerprint density at radius 1 is 1.05 bits per heavy atom. The van der Waals surface area contributed by atoms with Crippen molar-refractivity contribution in [1.29, 1.82) is 0 Å². The second-order valence-corrected chi connectivity index (χ2v) is 12.7. The van der Waals surface area contributed by atoms with Gasteiger partial charge in [0.05, 0.1) is 33.2 Å². The number of nitrogens with zero attached hydrogens (tertiary/aromatic N) is 3. The lowest BCUT2D eigenvalue weighted by Crippen LogP contribution is -2.28. The van der Waals surface area contributed by atoms with Crippen LogP contribution in [0.5, 0.6) is 0 Å². The fourth-order valence-corrected chi connectivity index (χ4v) is 6.56. The third kappa shape index (κ3) is 5.17. The number of aliphatic carboxylic acids is 1. The van der Waals surface area contributed by atoms with Gasteiger partial charge in [-0.2, -0.15) is 5.10 Å². The van der Waals surface area contributed by atoms with Crippen molar-refractivity contribution in [2.24, 2.45) is 0 Å². The number of hydrogen-bond acceptors (Lipinski definition) is 6. The zero-order valence-corrected chi connectivity index (χ0v) is 25.4. The molecule has 3 aromatic carbocycles. The van der Waals surface area contributed by atoms with E-state index >= 15 is 0 Å². The number of carboxylic acids is 1. The van der Waals surface area contributed by atoms with Gasteiger partial charge in [-0.05, 0) is 87.7 Å². The molecule has 0 aliphatic rings. The summed E-state index contributed by atoms with van der Waals surface area (Å²) in [7, 11) is 0. The van der Waals surface area contributed by atoms with Crippen LogP contribution in [-0.2, 0) is 9.53 Å². The maximum Gasteiger partial charge on any atom is 0.337 e. The first-order valence-corrected chi connectivity index (χ1v) is 14.7. The van der Waals surface area contributed by atoms with E-state index in [-0.39, 0.29) is 0 Å². The molecule has 1 atom stereocenters. The second kappa shape index (κ2) is 10.6. The van der Waals surface area contributed by atoms with Crippen LogP contribution in [0.25, 0.3) is 54.1 Å². The number of rotatable bonds is 6. The summed E-state index contributed by atoms with van der Waals surface area (Å²) < 4.78 is 7.02. The van der Waals surface area contributed by atoms with Gasteiger partial charge in [-0.25, -0.2) is 9.78 Å². The molecule has 2 N–H and O–H groups in total. The van der Waals surface area contributed by atoms with Crippen LogP contribution in [0.3, 0.4) is 0 Å². The lowest BCUT2D eigenvalue weighted by Gasteiger charge is -2.28. The minimum absolute atomic E-state index is 0.600. The van der Waals surface area contributed by atoms with Crippen molar-refractivity contribution in [3.8, 4) is 33.0 Å². The fraction of sp³-hybridized carbons (Fsp3) is 0.212. The molecule has 0 saturated heterocycles. The molecule has 0 radical (unpaired) electrons. The molecule has 6 rings (SSSR count). The minimum atomic E-state index is -1.17. The number of fused-ring (bicyclic) bond motifs is 2. The second-order valence-electron chi connectivity index (χ2n) is 11.3. The van der Waals surface area contributed by atoms with Crippen molar-refractivity contribution in [1.82, 2.24) is 20.2 Å². The van der Waals surface area contributed by atoms with Gasteiger partial charge in [0.1, 0.15) is 5.01 Å². The van der Waals surface area contributed by atoms with Crippen LogP contribution in [-0.4, -0.2) is 36.8 Å². The van der Waals surface area contributed by atoms with Crippen molar-refractivity contribution in [2.75, 3.05) is 0 Å². The molecule has 6 aromatic rings. The molecular weight excluding hydrogens is 568 g/mol. The molecule has 212 valence electrons. The van der Waals surface area contributed by atoms with Crippen LogP contribution in [0, 0.1) is 13.8 Å². The summed E-state index contributed by atoms with van der Waals surface area (Å²) in [6, 6.07) is 17.5. The number of carbonyl (C=O) groups is 1. The highest BCUT2D eigenvalue weighted by Gasteiger charge is 2.32. The van der Waals surface area contributed by atoms with Crippen LogP contribution < -0.4 is 0 Å². The van der Waals surface area contributed by atoms with Gasteiger partial charge >= 0.3 is 5.97 Å². The maximum absolute atomic E-state index is 12.6. The number of aromatic amines is 1. The highest BCUT2D eigenvalue weighted by molar-refractivity contribution is 7.22. The number of nitrogens with one attached hydrogen (secondary N) is 1. The third-order valence-electron chi connectivity index (χ3n) is 7.19. The zero-order valence-electron chi connectivity index (χ0n) is 23.8. The Morgan fingerprint density at radius 2 is 1.81 bits per heavy atom. The molecule has 1 unspecified atom stereocenters. The van der Waals surface area contributed by atoms with Gasteiger partial charge < -0.3 is 9.84 Å². The van der Waals surface area contributed by atoms with Gasteiger partial charge in [0.25, 0.3) is 0 Å². The number of pyridine rings is 1. The van der Waals surface area contributed by atoms with Crippen LogP contribution in [0.15, 0.2) is 67.0 Å². The topological polar surface area (TPSA) is 101 Å². The Bertz CT molecular complexity index is 1970. The standard InChI is InChI=1S/C33H29ClN4O3S/c1-17-14-26-30(28(19-6-8-21(34)9-7-19)27(17)29(32(39)40)41-33(3,4)5)42-31(37-26)20-12-13-35-25(15-20)22-10-11-24-23(18(22)2)16-36-38-24/h6-16,29H,1-5H3,(H,36,38)(H,39,40). The maximum atomic E-state index is 12.6. The van der Waals surface area contributed by atoms with Crippen LogP contribution in [0.2, 0.25) is 5.02 Å². The lowest BCUT2D eigenvalue weighted by atomic mass is 9.91. The number of ether oxygens (including phenoxy) is 1.